The second-order valence-corrected chi connectivity index (χ2v) is 4.92. The number of nitro groups is 1. The second-order valence-electron chi connectivity index (χ2n) is 4.92. The molecule has 0 spiro atoms. The van der Waals surface area contributed by atoms with E-state index < -0.39 is 16.9 Å². The molecule has 2 aromatic rings. The molecule has 3 heterocycles. The summed E-state index contributed by atoms with van der Waals surface area (Å²) in [6.45, 7) is 1.73. The van der Waals surface area contributed by atoms with Crippen molar-refractivity contribution >= 4 is 23.9 Å². The summed E-state index contributed by atoms with van der Waals surface area (Å²) in [5.41, 5.74) is 0.940. The minimum Gasteiger partial charge on any atom is -0.466 e. The number of carbonyl (C=O) groups is 1. The van der Waals surface area contributed by atoms with Crippen molar-refractivity contribution in [3.8, 4) is 0 Å². The van der Waals surface area contributed by atoms with Crippen LogP contribution in [0.2, 0.25) is 0 Å². The van der Waals surface area contributed by atoms with E-state index in [0.29, 0.717) is 17.2 Å². The third kappa shape index (κ3) is 2.64. The van der Waals surface area contributed by atoms with E-state index in [0.717, 1.165) is 0 Å². The fraction of sp³-hybridized carbons (Fsp3) is 0.214. The van der Waals surface area contributed by atoms with E-state index in [1.165, 1.54) is 36.3 Å². The molecule has 2 aromatic heterocycles. The summed E-state index contributed by atoms with van der Waals surface area (Å²) in [6, 6.07) is 2.14. The summed E-state index contributed by atoms with van der Waals surface area (Å²) in [4.78, 5) is 26.2. The first kappa shape index (κ1) is 15.5. The highest BCUT2D eigenvalue weighted by Crippen LogP contribution is 2.31. The topological polar surface area (TPSA) is 125 Å². The number of nitrogens with one attached hydrogen (secondary N) is 1. The van der Waals surface area contributed by atoms with Crippen LogP contribution in [0.1, 0.15) is 18.7 Å². The van der Waals surface area contributed by atoms with Gasteiger partial charge in [0.1, 0.15) is 23.1 Å². The number of nitrogens with zero attached hydrogens (tertiary/aromatic N) is 4. The number of methoxy groups -OCH3 is 1. The van der Waals surface area contributed by atoms with Gasteiger partial charge in [0.2, 0.25) is 5.95 Å². The molecule has 1 atom stereocenters. The van der Waals surface area contributed by atoms with E-state index in [1.54, 1.807) is 13.0 Å². The Balaban J connectivity index is 1.97. The maximum Gasteiger partial charge on any atom is 0.433 e. The van der Waals surface area contributed by atoms with Crippen molar-refractivity contribution < 1.29 is 18.9 Å². The summed E-state index contributed by atoms with van der Waals surface area (Å²) in [6.07, 6.45) is 4.52. The Hall–Kier alpha value is -3.43. The van der Waals surface area contributed by atoms with Gasteiger partial charge in [-0.25, -0.2) is 9.48 Å². The molecule has 0 aromatic carbocycles. The number of esters is 1. The van der Waals surface area contributed by atoms with Crippen LogP contribution in [-0.2, 0) is 9.53 Å². The van der Waals surface area contributed by atoms with Crippen LogP contribution in [0.25, 0.3) is 6.08 Å². The number of allylic oxidation sites excluding steroid dienone is 2. The lowest BCUT2D eigenvalue weighted by Gasteiger charge is -2.25. The van der Waals surface area contributed by atoms with Crippen LogP contribution in [0.4, 0.5) is 11.8 Å². The van der Waals surface area contributed by atoms with Crippen LogP contribution >= 0.6 is 0 Å². The number of hydrogen-bond donors (Lipinski definition) is 1. The number of rotatable bonds is 4. The number of carbonyl (C=O) groups excluding carboxylic acids is 1. The monoisotopic (exact) mass is 331 g/mol. The first-order valence-electron chi connectivity index (χ1n) is 6.89. The van der Waals surface area contributed by atoms with Crippen LogP contribution in [0, 0.1) is 10.1 Å². The highest BCUT2D eigenvalue weighted by molar-refractivity contribution is 5.92. The summed E-state index contributed by atoms with van der Waals surface area (Å²) >= 11 is 0. The zero-order valence-electron chi connectivity index (χ0n) is 12.8. The average Bonchev–Trinajstić information content (AvgIpc) is 3.20. The van der Waals surface area contributed by atoms with Gasteiger partial charge in [0.15, 0.2) is 0 Å². The Bertz CT molecular complexity index is 863. The fourth-order valence-corrected chi connectivity index (χ4v) is 2.40. The lowest BCUT2D eigenvalue weighted by molar-refractivity contribution is -0.402. The maximum absolute atomic E-state index is 12.1. The Morgan fingerprint density at radius 2 is 2.33 bits per heavy atom. The first-order valence-corrected chi connectivity index (χ1v) is 6.89. The Morgan fingerprint density at radius 1 is 1.54 bits per heavy atom. The molecule has 0 saturated heterocycles. The first-order chi connectivity index (χ1) is 11.5. The Kier molecular flexibility index (Phi) is 3.86. The summed E-state index contributed by atoms with van der Waals surface area (Å²) in [5, 5.41) is 17.7. The summed E-state index contributed by atoms with van der Waals surface area (Å²) in [7, 11) is 1.29. The van der Waals surface area contributed by atoms with Gasteiger partial charge in [-0.05, 0) is 19.1 Å². The predicted octanol–water partition coefficient (Wildman–Crippen LogP) is 1.91. The number of ether oxygens (including phenoxy) is 1. The highest BCUT2D eigenvalue weighted by atomic mass is 16.6. The molecule has 124 valence electrons. The molecule has 0 bridgehead atoms. The quantitative estimate of drug-likeness (QED) is 0.511. The number of furan rings is 1. The average molecular weight is 331 g/mol. The van der Waals surface area contributed by atoms with E-state index in [-0.39, 0.29) is 11.6 Å². The van der Waals surface area contributed by atoms with Crippen molar-refractivity contribution in [1.29, 1.82) is 0 Å². The third-order valence-electron chi connectivity index (χ3n) is 3.48. The third-order valence-corrected chi connectivity index (χ3v) is 3.48. The van der Waals surface area contributed by atoms with Crippen LogP contribution in [-0.4, -0.2) is 32.8 Å². The van der Waals surface area contributed by atoms with Gasteiger partial charge in [0.05, 0.1) is 18.7 Å². The van der Waals surface area contributed by atoms with Crippen molar-refractivity contribution in [2.45, 2.75) is 13.0 Å². The van der Waals surface area contributed by atoms with E-state index in [2.05, 4.69) is 15.4 Å². The fourth-order valence-electron chi connectivity index (χ4n) is 2.40. The zero-order valence-corrected chi connectivity index (χ0v) is 12.8. The summed E-state index contributed by atoms with van der Waals surface area (Å²) < 4.78 is 11.4. The molecular weight excluding hydrogens is 318 g/mol. The van der Waals surface area contributed by atoms with Crippen molar-refractivity contribution in [1.82, 2.24) is 14.8 Å². The number of hydrogen-bond acceptors (Lipinski definition) is 8. The molecular formula is C14H13N5O5. The zero-order chi connectivity index (χ0) is 17.3. The maximum atomic E-state index is 12.1. The van der Waals surface area contributed by atoms with E-state index in [9.17, 15) is 14.9 Å². The molecule has 10 heteroatoms. The van der Waals surface area contributed by atoms with Crippen molar-refractivity contribution in [3.05, 3.63) is 51.7 Å². The molecule has 0 saturated carbocycles. The SMILES string of the molecule is COC(=O)C1=C(C)Nc2ncnn2C1C=Cc1ccc([N+](=O)[O-])o1. The van der Waals surface area contributed by atoms with Gasteiger partial charge in [-0.3, -0.25) is 10.1 Å². The smallest absolute Gasteiger partial charge is 0.433 e. The molecule has 0 aliphatic carbocycles. The minimum absolute atomic E-state index is 0.281. The second kappa shape index (κ2) is 5.99. The van der Waals surface area contributed by atoms with Crippen LogP contribution in [0.5, 0.6) is 0 Å². The minimum atomic E-state index is -0.624. The van der Waals surface area contributed by atoms with Crippen LogP contribution in [0.15, 0.2) is 40.2 Å². The Morgan fingerprint density at radius 3 is 3.00 bits per heavy atom. The van der Waals surface area contributed by atoms with Gasteiger partial charge in [-0.1, -0.05) is 6.08 Å². The highest BCUT2D eigenvalue weighted by Gasteiger charge is 2.31. The van der Waals surface area contributed by atoms with Gasteiger partial charge in [-0.15, -0.1) is 0 Å². The molecule has 3 rings (SSSR count). The molecule has 1 unspecified atom stereocenters. The molecule has 0 amide bonds. The van der Waals surface area contributed by atoms with Crippen LogP contribution < -0.4 is 5.32 Å². The van der Waals surface area contributed by atoms with Gasteiger partial charge in [-0.2, -0.15) is 10.1 Å². The van der Waals surface area contributed by atoms with Gasteiger partial charge in [0.25, 0.3) is 0 Å². The lowest BCUT2D eigenvalue weighted by atomic mass is 10.0. The normalized spacial score (nSPS) is 16.8. The number of aromatic nitrogens is 3. The van der Waals surface area contributed by atoms with E-state index in [4.69, 9.17) is 9.15 Å². The molecule has 1 aliphatic heterocycles. The van der Waals surface area contributed by atoms with Gasteiger partial charge >= 0.3 is 11.9 Å². The number of anilines is 1. The standard InChI is InChI=1S/C14H13N5O5/c1-8-12(13(20)23-2)10(18-14(17-8)15-7-16-18)5-3-9-4-6-11(24-9)19(21)22/h3-7,10H,1-2H3,(H,15,16,17). The van der Waals surface area contributed by atoms with Gasteiger partial charge in [0, 0.05) is 5.70 Å². The van der Waals surface area contributed by atoms with E-state index >= 15 is 0 Å². The summed E-state index contributed by atoms with van der Waals surface area (Å²) in [5.74, 6) is -0.119. The van der Waals surface area contributed by atoms with E-state index in [1.807, 2.05) is 0 Å². The molecule has 1 N–H and O–H groups in total. The molecule has 1 aliphatic rings. The Labute approximate surface area is 135 Å². The van der Waals surface area contributed by atoms with Crippen LogP contribution in [0.3, 0.4) is 0 Å². The predicted molar refractivity (Wildman–Crippen MR) is 81.8 cm³/mol. The molecule has 0 radical (unpaired) electrons. The van der Waals surface area contributed by atoms with Crippen molar-refractivity contribution in [3.63, 3.8) is 0 Å². The molecule has 24 heavy (non-hydrogen) atoms. The lowest BCUT2D eigenvalue weighted by Crippen LogP contribution is -2.27. The molecule has 0 fully saturated rings. The molecule has 10 nitrogen and oxygen atoms in total. The largest absolute Gasteiger partial charge is 0.466 e. The van der Waals surface area contributed by atoms with Crippen molar-refractivity contribution in [2.24, 2.45) is 0 Å². The number of fused-ring (bicyclic) bond motifs is 1. The van der Waals surface area contributed by atoms with Gasteiger partial charge < -0.3 is 14.5 Å². The van der Waals surface area contributed by atoms with Crippen molar-refractivity contribution in [2.75, 3.05) is 12.4 Å².